The number of nitrogen functional groups attached to an aromatic ring is 1. The van der Waals surface area contributed by atoms with Gasteiger partial charge in [0.1, 0.15) is 56.3 Å². The van der Waals surface area contributed by atoms with Crippen molar-refractivity contribution in [2.24, 2.45) is 30.7 Å². The molecule has 6 aromatic rings. The largest absolute Gasteiger partial charge is 0.505 e. The minimum atomic E-state index is -4.93. The van der Waals surface area contributed by atoms with Crippen molar-refractivity contribution in [3.63, 3.8) is 0 Å². The Kier molecular flexibility index (Phi) is 12.3. The highest BCUT2D eigenvalue weighted by molar-refractivity contribution is 7.86. The number of hydrogen-bond donors (Lipinski definition) is 5. The summed E-state index contributed by atoms with van der Waals surface area (Å²) in [6.07, 6.45) is 0. The van der Waals surface area contributed by atoms with Crippen LogP contribution in [0.5, 0.6) is 28.7 Å². The summed E-state index contributed by atoms with van der Waals surface area (Å²) in [6.45, 7) is 1.86. The first-order chi connectivity index (χ1) is 28.5. The van der Waals surface area contributed by atoms with Crippen molar-refractivity contribution in [1.82, 2.24) is 0 Å². The number of nitrogens with two attached hydrogens (primary N) is 1. The van der Waals surface area contributed by atoms with E-state index in [2.05, 4.69) is 36.0 Å². The average Bonchev–Trinajstić information content (AvgIpc) is 3.22. The summed E-state index contributed by atoms with van der Waals surface area (Å²) in [5, 5.41) is 40.1. The van der Waals surface area contributed by atoms with Gasteiger partial charge in [0.15, 0.2) is 5.75 Å². The predicted octanol–water partition coefficient (Wildman–Crippen LogP) is 9.95. The number of nitrogens with one attached hydrogen (secondary N) is 1. The van der Waals surface area contributed by atoms with Crippen LogP contribution >= 0.6 is 0 Å². The second-order valence-electron chi connectivity index (χ2n) is 12.6. The van der Waals surface area contributed by atoms with Crippen LogP contribution < -0.4 is 30.0 Å². The summed E-state index contributed by atoms with van der Waals surface area (Å²) in [6, 6.07) is 22.3. The first-order valence-corrected chi connectivity index (χ1v) is 20.2. The van der Waals surface area contributed by atoms with Crippen molar-refractivity contribution in [2.45, 2.75) is 16.7 Å². The summed E-state index contributed by atoms with van der Waals surface area (Å²) in [7, 11) is -3.78. The minimum absolute atomic E-state index is 0.0361. The van der Waals surface area contributed by atoms with Crippen molar-refractivity contribution in [2.75, 3.05) is 39.5 Å². The highest BCUT2D eigenvalue weighted by Gasteiger charge is 2.23. The number of hydrogen-bond acceptors (Lipinski definition) is 17. The van der Waals surface area contributed by atoms with Gasteiger partial charge in [-0.25, -0.2) is 0 Å². The molecule has 0 spiro atoms. The molecular weight excluding hydrogens is 821 g/mol. The van der Waals surface area contributed by atoms with Crippen molar-refractivity contribution < 1.29 is 50.0 Å². The molecular formula is C39H36N8O11S2. The molecule has 60 heavy (non-hydrogen) atoms. The normalized spacial score (nSPS) is 12.1. The molecule has 0 fully saturated rings. The van der Waals surface area contributed by atoms with Gasteiger partial charge in [0.25, 0.3) is 20.2 Å². The SMILES string of the molecule is COc1cc(N=Nc2cc(OC)c(N=Nc3c(S(=O)(=O)O)cc4cc(Nc5ccc(N)c(C)c5)ccc4c3O)cc2OC)c(OC)cc1N=Nc1ccc(S(=O)(=O)O)cc1. The summed E-state index contributed by atoms with van der Waals surface area (Å²) in [4.78, 5) is -0.993. The van der Waals surface area contributed by atoms with Gasteiger partial charge >= 0.3 is 0 Å². The number of ether oxygens (including phenoxy) is 4. The Balaban J connectivity index is 1.31. The molecule has 0 amide bonds. The van der Waals surface area contributed by atoms with Crippen LogP contribution in [-0.4, -0.2) is 59.5 Å². The molecule has 0 aliphatic carbocycles. The lowest BCUT2D eigenvalue weighted by Crippen LogP contribution is -1.99. The highest BCUT2D eigenvalue weighted by atomic mass is 32.2. The maximum atomic E-state index is 12.6. The molecule has 0 aliphatic heterocycles. The van der Waals surface area contributed by atoms with Gasteiger partial charge in [-0.2, -0.15) is 21.9 Å². The fourth-order valence-corrected chi connectivity index (χ4v) is 6.83. The fraction of sp³-hybridized carbons (Fsp3) is 0.128. The van der Waals surface area contributed by atoms with E-state index in [0.29, 0.717) is 11.4 Å². The molecule has 0 heterocycles. The van der Waals surface area contributed by atoms with Crippen LogP contribution in [0.25, 0.3) is 10.8 Å². The van der Waals surface area contributed by atoms with Gasteiger partial charge < -0.3 is 35.1 Å². The van der Waals surface area contributed by atoms with Crippen LogP contribution in [0.4, 0.5) is 51.2 Å². The van der Waals surface area contributed by atoms with E-state index < -0.39 is 36.6 Å². The van der Waals surface area contributed by atoms with Gasteiger partial charge in [0, 0.05) is 46.7 Å². The summed E-state index contributed by atoms with van der Waals surface area (Å²) in [5.41, 5.74) is 9.12. The Morgan fingerprint density at radius 1 is 0.567 bits per heavy atom. The van der Waals surface area contributed by atoms with E-state index in [1.165, 1.54) is 83.0 Å². The fourth-order valence-electron chi connectivity index (χ4n) is 5.69. The Bertz CT molecular complexity index is 2940. The number of phenolic OH excluding ortho intramolecular Hbond substituents is 1. The number of rotatable bonds is 14. The summed E-state index contributed by atoms with van der Waals surface area (Å²) in [5.74, 6) is 0.136. The molecule has 310 valence electrons. The number of benzene rings is 6. The monoisotopic (exact) mass is 856 g/mol. The molecule has 0 bridgehead atoms. The molecule has 0 unspecified atom stereocenters. The predicted molar refractivity (Wildman–Crippen MR) is 222 cm³/mol. The van der Waals surface area contributed by atoms with Crippen LogP contribution in [0, 0.1) is 6.92 Å². The van der Waals surface area contributed by atoms with E-state index in [9.17, 15) is 31.0 Å². The van der Waals surface area contributed by atoms with Crippen LogP contribution in [0.1, 0.15) is 5.56 Å². The van der Waals surface area contributed by atoms with E-state index in [1.807, 2.05) is 13.0 Å². The van der Waals surface area contributed by atoms with E-state index in [0.717, 1.165) is 11.3 Å². The molecule has 19 nitrogen and oxygen atoms in total. The zero-order valence-corrected chi connectivity index (χ0v) is 34.0. The second kappa shape index (κ2) is 17.3. The standard InChI is InChI=1S/C39H36N8O11S2/c1-21-14-24(9-13-28(21)40)41-25-8-12-27-22(15-25)16-37(60(52,53)54)38(39(27)48)47-46-32-20-35(57-4)31(19-36(32)58-5)45-44-30-18-33(55-2)29(17-34(30)56-3)43-42-23-6-10-26(11-7-23)59(49,50)51/h6-20,41,48H,40H2,1-5H3,(H,49,50,51)(H,52,53,54). The van der Waals surface area contributed by atoms with Crippen molar-refractivity contribution in [1.29, 1.82) is 0 Å². The lowest BCUT2D eigenvalue weighted by atomic mass is 10.1. The molecule has 0 aromatic heterocycles. The Morgan fingerprint density at radius 2 is 1.03 bits per heavy atom. The zero-order chi connectivity index (χ0) is 43.4. The maximum absolute atomic E-state index is 12.6. The maximum Gasteiger partial charge on any atom is 0.296 e. The number of azo groups is 3. The molecule has 0 saturated heterocycles. The Labute approximate surface area is 343 Å². The number of anilines is 3. The number of phenols is 1. The number of methoxy groups -OCH3 is 4. The number of aryl methyl sites for hydroxylation is 1. The van der Waals surface area contributed by atoms with Crippen LogP contribution in [0.15, 0.2) is 131 Å². The summed E-state index contributed by atoms with van der Waals surface area (Å²) >= 11 is 0. The second-order valence-corrected chi connectivity index (χ2v) is 15.5. The average molecular weight is 857 g/mol. The summed E-state index contributed by atoms with van der Waals surface area (Å²) < 4.78 is 89.3. The van der Waals surface area contributed by atoms with E-state index in [-0.39, 0.29) is 67.1 Å². The first-order valence-electron chi connectivity index (χ1n) is 17.3. The minimum Gasteiger partial charge on any atom is -0.505 e. The lowest BCUT2D eigenvalue weighted by molar-refractivity contribution is 0.403. The van der Waals surface area contributed by atoms with Gasteiger partial charge in [0.05, 0.1) is 39.0 Å². The van der Waals surface area contributed by atoms with Crippen molar-refractivity contribution >= 4 is 82.2 Å². The van der Waals surface area contributed by atoms with Crippen LogP contribution in [0.2, 0.25) is 0 Å². The third-order valence-electron chi connectivity index (χ3n) is 8.78. The molecule has 0 saturated carbocycles. The van der Waals surface area contributed by atoms with Crippen LogP contribution in [-0.2, 0) is 20.2 Å². The molecule has 21 heteroatoms. The zero-order valence-electron chi connectivity index (χ0n) is 32.3. The Hall–Kier alpha value is -7.20. The lowest BCUT2D eigenvalue weighted by Gasteiger charge is -2.13. The number of nitrogens with zero attached hydrogens (tertiary/aromatic N) is 6. The smallest absolute Gasteiger partial charge is 0.296 e. The molecule has 0 radical (unpaired) electrons. The molecule has 0 atom stereocenters. The molecule has 6 N–H and O–H groups in total. The quantitative estimate of drug-likeness (QED) is 0.0388. The third kappa shape index (κ3) is 9.40. The topological polar surface area (TPSA) is 278 Å². The van der Waals surface area contributed by atoms with E-state index in [1.54, 1.807) is 30.3 Å². The molecule has 6 aromatic carbocycles. The molecule has 0 aliphatic rings. The molecule has 6 rings (SSSR count). The number of fused-ring (bicyclic) bond motifs is 1. The van der Waals surface area contributed by atoms with Gasteiger partial charge in [-0.15, -0.1) is 25.6 Å². The van der Waals surface area contributed by atoms with Crippen molar-refractivity contribution in [3.8, 4) is 28.7 Å². The van der Waals surface area contributed by atoms with Gasteiger partial charge in [-0.3, -0.25) is 9.11 Å². The first kappa shape index (κ1) is 42.4. The number of aromatic hydroxyl groups is 1. The van der Waals surface area contributed by atoms with Gasteiger partial charge in [-0.05, 0) is 84.6 Å². The van der Waals surface area contributed by atoms with E-state index in [4.69, 9.17) is 24.7 Å². The Morgan fingerprint density at radius 3 is 1.50 bits per heavy atom. The van der Waals surface area contributed by atoms with Crippen LogP contribution in [0.3, 0.4) is 0 Å². The van der Waals surface area contributed by atoms with Gasteiger partial charge in [0.2, 0.25) is 0 Å². The van der Waals surface area contributed by atoms with Crippen molar-refractivity contribution in [3.05, 3.63) is 96.6 Å². The third-order valence-corrected chi connectivity index (χ3v) is 10.5. The van der Waals surface area contributed by atoms with E-state index >= 15 is 0 Å². The highest BCUT2D eigenvalue weighted by Crippen LogP contribution is 2.46. The van der Waals surface area contributed by atoms with Gasteiger partial charge in [-0.1, -0.05) is 0 Å².